The molecule has 0 fully saturated rings. The largest absolute Gasteiger partial charge is 0.299 e. The molecule has 0 aliphatic heterocycles. The molecule has 0 saturated carbocycles. The molecule has 0 aliphatic carbocycles. The van der Waals surface area contributed by atoms with Crippen LogP contribution in [-0.4, -0.2) is 21.5 Å². The van der Waals surface area contributed by atoms with Crippen molar-refractivity contribution >= 4 is 17.5 Å². The normalized spacial score (nSPS) is 10.0. The van der Waals surface area contributed by atoms with Crippen LogP contribution < -0.4 is 0 Å². The Morgan fingerprint density at radius 1 is 1.46 bits per heavy atom. The maximum atomic E-state index is 11.0. The van der Waals surface area contributed by atoms with Gasteiger partial charge in [0.25, 0.3) is 0 Å². The smallest absolute Gasteiger partial charge is 0.187 e. The molecule has 0 radical (unpaired) electrons. The van der Waals surface area contributed by atoms with Crippen molar-refractivity contribution in [3.8, 4) is 0 Å². The summed E-state index contributed by atoms with van der Waals surface area (Å²) in [6.07, 6.45) is 4.09. The molecule has 1 aromatic heterocycles. The highest BCUT2D eigenvalue weighted by molar-refractivity contribution is 7.99. The van der Waals surface area contributed by atoms with Gasteiger partial charge in [0.05, 0.1) is 5.75 Å². The topological polar surface area (TPSA) is 42.9 Å². The second-order valence-corrected chi connectivity index (χ2v) is 3.67. The van der Waals surface area contributed by atoms with Crippen molar-refractivity contribution in [1.29, 1.82) is 0 Å². The zero-order valence-electron chi connectivity index (χ0n) is 7.78. The van der Waals surface area contributed by atoms with E-state index in [4.69, 9.17) is 0 Å². The van der Waals surface area contributed by atoms with Crippen LogP contribution in [0.5, 0.6) is 0 Å². The van der Waals surface area contributed by atoms with E-state index in [2.05, 4.69) is 9.97 Å². The number of rotatable bonds is 4. The number of nitrogens with zero attached hydrogens (tertiary/aromatic N) is 2. The average Bonchev–Trinajstić information content (AvgIpc) is 2.16. The van der Waals surface area contributed by atoms with Gasteiger partial charge in [-0.3, -0.25) is 4.79 Å². The van der Waals surface area contributed by atoms with E-state index in [0.29, 0.717) is 17.3 Å². The Hall–Kier alpha value is -0.900. The summed E-state index contributed by atoms with van der Waals surface area (Å²) in [7, 11) is 0. The van der Waals surface area contributed by atoms with Gasteiger partial charge in [-0.25, -0.2) is 9.97 Å². The molecule has 4 heteroatoms. The predicted molar refractivity (Wildman–Crippen MR) is 52.8 cm³/mol. The molecule has 1 aromatic rings. The van der Waals surface area contributed by atoms with E-state index < -0.39 is 0 Å². The van der Waals surface area contributed by atoms with Gasteiger partial charge in [-0.05, 0) is 12.5 Å². The lowest BCUT2D eigenvalue weighted by Crippen LogP contribution is -1.99. The number of carbonyl (C=O) groups is 1. The first-order valence-corrected chi connectivity index (χ1v) is 5.14. The fraction of sp³-hybridized carbons (Fsp3) is 0.444. The summed E-state index contributed by atoms with van der Waals surface area (Å²) < 4.78 is 0. The monoisotopic (exact) mass is 196 g/mol. The number of carbonyl (C=O) groups excluding carboxylic acids is 1. The fourth-order valence-corrected chi connectivity index (χ4v) is 1.45. The molecule has 1 rings (SSSR count). The molecule has 0 aliphatic rings. The Bertz CT molecular complexity index is 284. The van der Waals surface area contributed by atoms with Crippen molar-refractivity contribution in [3.05, 3.63) is 18.0 Å². The first kappa shape index (κ1) is 10.2. The highest BCUT2D eigenvalue weighted by Crippen LogP contribution is 2.12. The molecule has 0 bridgehead atoms. The van der Waals surface area contributed by atoms with Crippen LogP contribution in [0.4, 0.5) is 0 Å². The van der Waals surface area contributed by atoms with E-state index >= 15 is 0 Å². The molecule has 0 atom stereocenters. The minimum Gasteiger partial charge on any atom is -0.299 e. The van der Waals surface area contributed by atoms with Crippen LogP contribution in [0.3, 0.4) is 0 Å². The maximum absolute atomic E-state index is 11.0. The minimum absolute atomic E-state index is 0.231. The number of aryl methyl sites for hydroxylation is 1. The van der Waals surface area contributed by atoms with Crippen molar-refractivity contribution in [2.75, 3.05) is 5.75 Å². The third-order valence-corrected chi connectivity index (χ3v) is 2.45. The molecule has 3 nitrogen and oxygen atoms in total. The van der Waals surface area contributed by atoms with Crippen molar-refractivity contribution in [2.24, 2.45) is 0 Å². The SMILES string of the molecule is CCC(=O)CSc1ncc(C)cn1. The molecule has 0 aromatic carbocycles. The standard InChI is InChI=1S/C9H12N2OS/c1-3-8(12)6-13-9-10-4-7(2)5-11-9/h4-5H,3,6H2,1-2H3. The molecule has 70 valence electrons. The zero-order chi connectivity index (χ0) is 9.68. The van der Waals surface area contributed by atoms with Crippen LogP contribution in [-0.2, 0) is 4.79 Å². The minimum atomic E-state index is 0.231. The molecule has 1 heterocycles. The van der Waals surface area contributed by atoms with E-state index in [1.165, 1.54) is 11.8 Å². The predicted octanol–water partition coefficient (Wildman–Crippen LogP) is 1.86. The quantitative estimate of drug-likeness (QED) is 0.544. The summed E-state index contributed by atoms with van der Waals surface area (Å²) in [6.45, 7) is 3.80. The van der Waals surface area contributed by atoms with Gasteiger partial charge >= 0.3 is 0 Å². The van der Waals surface area contributed by atoms with Gasteiger partial charge < -0.3 is 0 Å². The van der Waals surface area contributed by atoms with Crippen molar-refractivity contribution in [2.45, 2.75) is 25.4 Å². The van der Waals surface area contributed by atoms with Crippen LogP contribution in [0.2, 0.25) is 0 Å². The molecule has 13 heavy (non-hydrogen) atoms. The summed E-state index contributed by atoms with van der Waals surface area (Å²) in [5.74, 6) is 0.703. The van der Waals surface area contributed by atoms with Crippen LogP contribution in [0.15, 0.2) is 17.6 Å². The average molecular weight is 196 g/mol. The van der Waals surface area contributed by atoms with E-state index in [0.717, 1.165) is 5.56 Å². The van der Waals surface area contributed by atoms with Crippen LogP contribution in [0.1, 0.15) is 18.9 Å². The lowest BCUT2D eigenvalue weighted by molar-refractivity contribution is -0.116. The maximum Gasteiger partial charge on any atom is 0.187 e. The van der Waals surface area contributed by atoms with E-state index in [1.807, 2.05) is 13.8 Å². The first-order valence-electron chi connectivity index (χ1n) is 4.15. The molecule has 0 saturated heterocycles. The molecular formula is C9H12N2OS. The molecule has 0 unspecified atom stereocenters. The zero-order valence-corrected chi connectivity index (χ0v) is 8.60. The van der Waals surface area contributed by atoms with Gasteiger partial charge in [-0.1, -0.05) is 18.7 Å². The molecule has 0 amide bonds. The lowest BCUT2D eigenvalue weighted by atomic mass is 10.4. The third-order valence-electron chi connectivity index (χ3n) is 1.51. The number of aromatic nitrogens is 2. The summed E-state index contributed by atoms with van der Waals surface area (Å²) in [6, 6.07) is 0. The Labute approximate surface area is 82.0 Å². The third kappa shape index (κ3) is 3.55. The Kier molecular flexibility index (Phi) is 3.89. The van der Waals surface area contributed by atoms with E-state index in [-0.39, 0.29) is 5.78 Å². The van der Waals surface area contributed by atoms with Gasteiger partial charge in [0.15, 0.2) is 5.16 Å². The van der Waals surface area contributed by atoms with Crippen molar-refractivity contribution < 1.29 is 4.79 Å². The number of ketones is 1. The van der Waals surface area contributed by atoms with E-state index in [9.17, 15) is 4.79 Å². The number of hydrogen-bond donors (Lipinski definition) is 0. The summed E-state index contributed by atoms with van der Waals surface area (Å²) >= 11 is 1.39. The number of hydrogen-bond acceptors (Lipinski definition) is 4. The molecule has 0 spiro atoms. The van der Waals surface area contributed by atoms with Gasteiger partial charge in [-0.2, -0.15) is 0 Å². The summed E-state index contributed by atoms with van der Waals surface area (Å²) in [5.41, 5.74) is 1.03. The highest BCUT2D eigenvalue weighted by atomic mass is 32.2. The van der Waals surface area contributed by atoms with Gasteiger partial charge in [0.1, 0.15) is 5.78 Å². The number of thioether (sulfide) groups is 1. The lowest BCUT2D eigenvalue weighted by Gasteiger charge is -1.97. The van der Waals surface area contributed by atoms with Crippen LogP contribution >= 0.6 is 11.8 Å². The van der Waals surface area contributed by atoms with Crippen LogP contribution in [0.25, 0.3) is 0 Å². The first-order chi connectivity index (χ1) is 6.22. The Morgan fingerprint density at radius 3 is 2.62 bits per heavy atom. The second kappa shape index (κ2) is 4.97. The second-order valence-electron chi connectivity index (χ2n) is 2.72. The van der Waals surface area contributed by atoms with E-state index in [1.54, 1.807) is 12.4 Å². The summed E-state index contributed by atoms with van der Waals surface area (Å²) in [5, 5.41) is 0.674. The highest BCUT2D eigenvalue weighted by Gasteiger charge is 2.01. The molecule has 0 N–H and O–H groups in total. The van der Waals surface area contributed by atoms with Crippen LogP contribution in [0, 0.1) is 6.92 Å². The van der Waals surface area contributed by atoms with Crippen molar-refractivity contribution in [1.82, 2.24) is 9.97 Å². The van der Waals surface area contributed by atoms with Crippen molar-refractivity contribution in [3.63, 3.8) is 0 Å². The van der Waals surface area contributed by atoms with Gasteiger partial charge in [0.2, 0.25) is 0 Å². The Morgan fingerprint density at radius 2 is 2.08 bits per heavy atom. The van der Waals surface area contributed by atoms with Gasteiger partial charge in [0, 0.05) is 18.8 Å². The summed E-state index contributed by atoms with van der Waals surface area (Å²) in [4.78, 5) is 19.1. The molecular weight excluding hydrogens is 184 g/mol. The number of Topliss-reactive ketones (excluding diaryl/α,β-unsaturated/α-hetero) is 1. The fourth-order valence-electron chi connectivity index (χ4n) is 0.702. The van der Waals surface area contributed by atoms with Gasteiger partial charge in [-0.15, -0.1) is 0 Å². The Balaban J connectivity index is 2.46.